The van der Waals surface area contributed by atoms with E-state index in [0.29, 0.717) is 17.0 Å². The van der Waals surface area contributed by atoms with Crippen molar-refractivity contribution in [2.45, 2.75) is 32.4 Å². The van der Waals surface area contributed by atoms with Gasteiger partial charge >= 0.3 is 0 Å². The first-order valence-corrected chi connectivity index (χ1v) is 7.04. The standard InChI is InChI=1S/C14H16Cl2FN3/c1-3-20-8-9(7-19-20)6-14(2,18)10-4-13(17)12(16)5-11(10)15/h4-5,7-8H,3,6,18H2,1-2H3. The van der Waals surface area contributed by atoms with Crippen molar-refractivity contribution in [3.05, 3.63) is 51.5 Å². The molecular weight excluding hydrogens is 300 g/mol. The molecule has 0 aliphatic heterocycles. The lowest BCUT2D eigenvalue weighted by Crippen LogP contribution is -2.35. The zero-order valence-electron chi connectivity index (χ0n) is 11.3. The molecule has 3 nitrogen and oxygen atoms in total. The molecule has 0 saturated carbocycles. The molecule has 1 atom stereocenters. The second-order valence-electron chi connectivity index (χ2n) is 5.04. The van der Waals surface area contributed by atoms with E-state index in [0.717, 1.165) is 12.1 Å². The fraction of sp³-hybridized carbons (Fsp3) is 0.357. The Kier molecular flexibility index (Phi) is 4.37. The lowest BCUT2D eigenvalue weighted by molar-refractivity contribution is 0.486. The molecule has 1 heterocycles. The first-order valence-electron chi connectivity index (χ1n) is 6.28. The summed E-state index contributed by atoms with van der Waals surface area (Å²) in [5.74, 6) is -0.521. The van der Waals surface area contributed by atoms with E-state index in [1.807, 2.05) is 24.7 Å². The zero-order chi connectivity index (χ0) is 14.9. The van der Waals surface area contributed by atoms with Gasteiger partial charge in [-0.05, 0) is 43.5 Å². The first-order chi connectivity index (χ1) is 9.33. The summed E-state index contributed by atoms with van der Waals surface area (Å²) in [4.78, 5) is 0. The Morgan fingerprint density at radius 3 is 2.65 bits per heavy atom. The van der Waals surface area contributed by atoms with Gasteiger partial charge in [0.15, 0.2) is 0 Å². The van der Waals surface area contributed by atoms with Crippen LogP contribution in [0.4, 0.5) is 4.39 Å². The fourth-order valence-corrected chi connectivity index (χ4v) is 2.75. The summed E-state index contributed by atoms with van der Waals surface area (Å²) < 4.78 is 15.4. The van der Waals surface area contributed by atoms with Crippen LogP contribution in [0.2, 0.25) is 10.0 Å². The van der Waals surface area contributed by atoms with Crippen LogP contribution in [0.3, 0.4) is 0 Å². The first kappa shape index (κ1) is 15.3. The van der Waals surface area contributed by atoms with E-state index >= 15 is 0 Å². The number of benzene rings is 1. The zero-order valence-corrected chi connectivity index (χ0v) is 12.8. The molecule has 20 heavy (non-hydrogen) atoms. The van der Waals surface area contributed by atoms with Crippen molar-refractivity contribution in [3.63, 3.8) is 0 Å². The van der Waals surface area contributed by atoms with Crippen molar-refractivity contribution in [3.8, 4) is 0 Å². The molecular formula is C14H16Cl2FN3. The second kappa shape index (κ2) is 5.72. The van der Waals surface area contributed by atoms with Crippen molar-refractivity contribution >= 4 is 23.2 Å². The molecule has 2 aromatic rings. The van der Waals surface area contributed by atoms with Crippen LogP contribution in [0.15, 0.2) is 24.5 Å². The molecule has 0 aliphatic rings. The van der Waals surface area contributed by atoms with Gasteiger partial charge in [-0.25, -0.2) is 4.39 Å². The van der Waals surface area contributed by atoms with Crippen LogP contribution in [0.25, 0.3) is 0 Å². The second-order valence-corrected chi connectivity index (χ2v) is 5.86. The van der Waals surface area contributed by atoms with Crippen molar-refractivity contribution < 1.29 is 4.39 Å². The van der Waals surface area contributed by atoms with E-state index in [2.05, 4.69) is 5.10 Å². The summed E-state index contributed by atoms with van der Waals surface area (Å²) in [5, 5.41) is 4.56. The maximum atomic E-state index is 13.6. The van der Waals surface area contributed by atoms with Crippen LogP contribution >= 0.6 is 23.2 Å². The SMILES string of the molecule is CCn1cc(CC(C)(N)c2cc(F)c(Cl)cc2Cl)cn1. The quantitative estimate of drug-likeness (QED) is 0.873. The predicted molar refractivity (Wildman–Crippen MR) is 79.6 cm³/mol. The van der Waals surface area contributed by atoms with E-state index in [1.165, 1.54) is 12.1 Å². The van der Waals surface area contributed by atoms with Crippen molar-refractivity contribution in [2.75, 3.05) is 0 Å². The van der Waals surface area contributed by atoms with Crippen LogP contribution < -0.4 is 5.73 Å². The number of halogens is 3. The van der Waals surface area contributed by atoms with Gasteiger partial charge in [-0.15, -0.1) is 0 Å². The van der Waals surface area contributed by atoms with Crippen molar-refractivity contribution in [1.29, 1.82) is 0 Å². The fourth-order valence-electron chi connectivity index (χ4n) is 2.15. The molecule has 0 aliphatic carbocycles. The molecule has 1 aromatic carbocycles. The minimum atomic E-state index is -0.801. The van der Waals surface area contributed by atoms with E-state index < -0.39 is 11.4 Å². The molecule has 0 fully saturated rings. The maximum Gasteiger partial charge on any atom is 0.142 e. The largest absolute Gasteiger partial charge is 0.321 e. The van der Waals surface area contributed by atoms with Crippen LogP contribution in [-0.4, -0.2) is 9.78 Å². The molecule has 0 amide bonds. The number of hydrogen-bond acceptors (Lipinski definition) is 2. The Morgan fingerprint density at radius 2 is 2.05 bits per heavy atom. The summed E-state index contributed by atoms with van der Waals surface area (Å²) in [6.07, 6.45) is 4.19. The molecule has 6 heteroatoms. The highest BCUT2D eigenvalue weighted by Gasteiger charge is 2.26. The number of nitrogens with two attached hydrogens (primary N) is 1. The number of hydrogen-bond donors (Lipinski definition) is 1. The van der Waals surface area contributed by atoms with Crippen LogP contribution in [-0.2, 0) is 18.5 Å². The Hall–Kier alpha value is -1.10. The average Bonchev–Trinajstić information content (AvgIpc) is 2.80. The summed E-state index contributed by atoms with van der Waals surface area (Å²) in [6.45, 7) is 4.60. The molecule has 0 radical (unpaired) electrons. The smallest absolute Gasteiger partial charge is 0.142 e. The van der Waals surface area contributed by atoms with Gasteiger partial charge in [0.1, 0.15) is 5.82 Å². The maximum absolute atomic E-state index is 13.6. The number of aryl methyl sites for hydroxylation is 1. The molecule has 0 bridgehead atoms. The molecule has 1 aromatic heterocycles. The lowest BCUT2D eigenvalue weighted by Gasteiger charge is -2.26. The Labute approximate surface area is 127 Å². The monoisotopic (exact) mass is 315 g/mol. The normalized spacial score (nSPS) is 14.3. The Balaban J connectivity index is 2.32. The van der Waals surface area contributed by atoms with Crippen molar-refractivity contribution in [1.82, 2.24) is 9.78 Å². The summed E-state index contributed by atoms with van der Waals surface area (Å²) in [5.41, 5.74) is 7.02. The van der Waals surface area contributed by atoms with Gasteiger partial charge < -0.3 is 5.73 Å². The van der Waals surface area contributed by atoms with Gasteiger partial charge in [0.05, 0.1) is 11.2 Å². The number of aromatic nitrogens is 2. The summed E-state index contributed by atoms with van der Waals surface area (Å²) >= 11 is 11.8. The van der Waals surface area contributed by atoms with Crippen LogP contribution in [0, 0.1) is 5.82 Å². The molecule has 2 N–H and O–H groups in total. The Morgan fingerprint density at radius 1 is 1.35 bits per heavy atom. The highest BCUT2D eigenvalue weighted by Crippen LogP contribution is 2.32. The summed E-state index contributed by atoms with van der Waals surface area (Å²) in [6, 6.07) is 2.68. The van der Waals surface area contributed by atoms with E-state index in [4.69, 9.17) is 28.9 Å². The average molecular weight is 316 g/mol. The van der Waals surface area contributed by atoms with Gasteiger partial charge in [-0.2, -0.15) is 5.10 Å². The molecule has 108 valence electrons. The lowest BCUT2D eigenvalue weighted by atomic mass is 9.87. The molecule has 2 rings (SSSR count). The Bertz CT molecular complexity index is 623. The number of rotatable bonds is 4. The molecule has 0 spiro atoms. The van der Waals surface area contributed by atoms with Crippen LogP contribution in [0.5, 0.6) is 0 Å². The predicted octanol–water partition coefficient (Wildman–Crippen LogP) is 3.77. The third kappa shape index (κ3) is 3.14. The van der Waals surface area contributed by atoms with Gasteiger partial charge in [0.25, 0.3) is 0 Å². The van der Waals surface area contributed by atoms with Gasteiger partial charge in [0.2, 0.25) is 0 Å². The number of nitrogens with zero attached hydrogens (tertiary/aromatic N) is 2. The van der Waals surface area contributed by atoms with Crippen molar-refractivity contribution in [2.24, 2.45) is 5.73 Å². The molecule has 0 saturated heterocycles. The third-order valence-corrected chi connectivity index (χ3v) is 3.81. The minimum absolute atomic E-state index is 0.00616. The van der Waals surface area contributed by atoms with E-state index in [9.17, 15) is 4.39 Å². The highest BCUT2D eigenvalue weighted by molar-refractivity contribution is 6.35. The van der Waals surface area contributed by atoms with Gasteiger partial charge in [-0.3, -0.25) is 4.68 Å². The van der Waals surface area contributed by atoms with E-state index in [1.54, 1.807) is 6.20 Å². The van der Waals surface area contributed by atoms with Gasteiger partial charge in [0, 0.05) is 23.3 Å². The minimum Gasteiger partial charge on any atom is -0.321 e. The summed E-state index contributed by atoms with van der Waals surface area (Å²) in [7, 11) is 0. The molecule has 1 unspecified atom stereocenters. The van der Waals surface area contributed by atoms with Crippen LogP contribution in [0.1, 0.15) is 25.0 Å². The van der Waals surface area contributed by atoms with Gasteiger partial charge in [-0.1, -0.05) is 23.2 Å². The topological polar surface area (TPSA) is 43.8 Å². The highest BCUT2D eigenvalue weighted by atomic mass is 35.5. The van der Waals surface area contributed by atoms with E-state index in [-0.39, 0.29) is 5.02 Å². The third-order valence-electron chi connectivity index (χ3n) is 3.21.